The molecule has 2 amide bonds. The van der Waals surface area contributed by atoms with Gasteiger partial charge in [0, 0.05) is 29.7 Å². The number of benzene rings is 2. The first kappa shape index (κ1) is 21.0. The van der Waals surface area contributed by atoms with Crippen molar-refractivity contribution in [2.75, 3.05) is 25.1 Å². The van der Waals surface area contributed by atoms with Gasteiger partial charge in [0.2, 0.25) is 5.91 Å². The number of amides is 2. The van der Waals surface area contributed by atoms with Crippen LogP contribution >= 0.6 is 0 Å². The zero-order valence-electron chi connectivity index (χ0n) is 17.9. The van der Waals surface area contributed by atoms with Crippen molar-refractivity contribution in [3.8, 4) is 17.2 Å². The smallest absolute Gasteiger partial charge is 0.258 e. The first-order valence-corrected chi connectivity index (χ1v) is 10.6. The maximum atomic E-state index is 12.1. The number of rotatable bonds is 9. The topological polar surface area (TPSA) is 85.9 Å². The van der Waals surface area contributed by atoms with E-state index in [1.807, 2.05) is 32.0 Å². The number of ether oxygens (including phenoxy) is 3. The van der Waals surface area contributed by atoms with Crippen LogP contribution in [0.25, 0.3) is 0 Å². The van der Waals surface area contributed by atoms with Crippen LogP contribution in [0.4, 0.5) is 5.69 Å². The van der Waals surface area contributed by atoms with Crippen LogP contribution < -0.4 is 24.8 Å². The first-order chi connectivity index (χ1) is 14.9. The van der Waals surface area contributed by atoms with Crippen LogP contribution in [0, 0.1) is 5.92 Å². The molecule has 31 heavy (non-hydrogen) atoms. The van der Waals surface area contributed by atoms with Crippen LogP contribution in [-0.2, 0) is 16.0 Å². The van der Waals surface area contributed by atoms with E-state index in [2.05, 4.69) is 10.6 Å². The monoisotopic (exact) mass is 424 g/mol. The number of nitrogens with one attached hydrogen (secondary N) is 2. The third-order valence-electron chi connectivity index (χ3n) is 5.16. The van der Waals surface area contributed by atoms with Crippen molar-refractivity contribution in [2.45, 2.75) is 38.7 Å². The summed E-state index contributed by atoms with van der Waals surface area (Å²) in [6.45, 7) is 4.67. The molecule has 0 radical (unpaired) electrons. The van der Waals surface area contributed by atoms with Crippen molar-refractivity contribution in [2.24, 2.45) is 5.92 Å². The Morgan fingerprint density at radius 3 is 2.74 bits per heavy atom. The molecule has 1 saturated carbocycles. The van der Waals surface area contributed by atoms with E-state index in [0.717, 1.165) is 30.6 Å². The second-order valence-electron chi connectivity index (χ2n) is 8.56. The highest BCUT2D eigenvalue weighted by Gasteiger charge is 2.32. The summed E-state index contributed by atoms with van der Waals surface area (Å²) in [5.41, 5.74) is 1.57. The number of carbonyl (C=O) groups excluding carboxylic acids is 2. The van der Waals surface area contributed by atoms with E-state index in [1.165, 1.54) is 0 Å². The molecule has 0 unspecified atom stereocenters. The van der Waals surface area contributed by atoms with Gasteiger partial charge in [-0.05, 0) is 44.9 Å². The van der Waals surface area contributed by atoms with Crippen molar-refractivity contribution in [1.29, 1.82) is 0 Å². The normalized spacial score (nSPS) is 16.1. The maximum absolute atomic E-state index is 12.1. The van der Waals surface area contributed by atoms with Crippen LogP contribution in [0.3, 0.4) is 0 Å². The van der Waals surface area contributed by atoms with E-state index >= 15 is 0 Å². The van der Waals surface area contributed by atoms with Gasteiger partial charge in [-0.25, -0.2) is 0 Å². The standard InChI is InChI=1S/C24H28N2O5/c1-24(2)14-17-5-3-8-20(22(17)31-24)29-12-11-25-21(27)15-30-19-7-4-6-18(13-19)26-23(28)16-9-10-16/h3-8,13,16H,9-12,14-15H2,1-2H3,(H,25,27)(H,26,28). The largest absolute Gasteiger partial charge is 0.488 e. The minimum absolute atomic E-state index is 0.0351. The molecule has 0 spiro atoms. The van der Waals surface area contributed by atoms with Crippen molar-refractivity contribution in [3.63, 3.8) is 0 Å². The fourth-order valence-electron chi connectivity index (χ4n) is 3.51. The molecule has 1 aliphatic carbocycles. The van der Waals surface area contributed by atoms with Crippen molar-refractivity contribution in [3.05, 3.63) is 48.0 Å². The Hall–Kier alpha value is -3.22. The van der Waals surface area contributed by atoms with E-state index in [0.29, 0.717) is 30.3 Å². The van der Waals surface area contributed by atoms with Gasteiger partial charge in [0.05, 0.1) is 6.54 Å². The molecule has 164 valence electrons. The quantitative estimate of drug-likeness (QED) is 0.603. The van der Waals surface area contributed by atoms with Crippen LogP contribution in [0.15, 0.2) is 42.5 Å². The zero-order chi connectivity index (χ0) is 21.8. The van der Waals surface area contributed by atoms with Crippen molar-refractivity contribution >= 4 is 17.5 Å². The molecule has 0 atom stereocenters. The third kappa shape index (κ3) is 5.69. The lowest BCUT2D eigenvalue weighted by Crippen LogP contribution is -2.32. The molecule has 1 fully saturated rings. The minimum atomic E-state index is -0.244. The number of hydrogen-bond acceptors (Lipinski definition) is 5. The molecule has 2 aliphatic rings. The van der Waals surface area contributed by atoms with Gasteiger partial charge in [0.1, 0.15) is 18.0 Å². The van der Waals surface area contributed by atoms with E-state index in [1.54, 1.807) is 24.3 Å². The Bertz CT molecular complexity index is 968. The molecule has 1 aliphatic heterocycles. The van der Waals surface area contributed by atoms with Crippen molar-refractivity contribution in [1.82, 2.24) is 5.32 Å². The second kappa shape index (κ2) is 8.88. The lowest BCUT2D eigenvalue weighted by Gasteiger charge is -2.18. The first-order valence-electron chi connectivity index (χ1n) is 10.6. The van der Waals surface area contributed by atoms with Gasteiger partial charge < -0.3 is 24.8 Å². The second-order valence-corrected chi connectivity index (χ2v) is 8.56. The molecular weight excluding hydrogens is 396 g/mol. The van der Waals surface area contributed by atoms with Crippen LogP contribution in [0.5, 0.6) is 17.2 Å². The number of anilines is 1. The summed E-state index contributed by atoms with van der Waals surface area (Å²) in [5, 5.41) is 5.64. The zero-order valence-corrected chi connectivity index (χ0v) is 17.9. The number of para-hydroxylation sites is 1. The molecule has 2 aromatic carbocycles. The van der Waals surface area contributed by atoms with E-state index in [-0.39, 0.29) is 29.9 Å². The summed E-state index contributed by atoms with van der Waals surface area (Å²) >= 11 is 0. The average molecular weight is 424 g/mol. The van der Waals surface area contributed by atoms with Gasteiger partial charge in [-0.2, -0.15) is 0 Å². The van der Waals surface area contributed by atoms with E-state index < -0.39 is 0 Å². The summed E-state index contributed by atoms with van der Waals surface area (Å²) in [4.78, 5) is 23.9. The number of carbonyl (C=O) groups is 2. The van der Waals surface area contributed by atoms with Crippen molar-refractivity contribution < 1.29 is 23.8 Å². The fraction of sp³-hybridized carbons (Fsp3) is 0.417. The Kier molecular flexibility index (Phi) is 6.02. The maximum Gasteiger partial charge on any atom is 0.258 e. The van der Waals surface area contributed by atoms with Crippen LogP contribution in [0.2, 0.25) is 0 Å². The fourth-order valence-corrected chi connectivity index (χ4v) is 3.51. The third-order valence-corrected chi connectivity index (χ3v) is 5.16. The molecule has 4 rings (SSSR count). The van der Waals surface area contributed by atoms with Gasteiger partial charge in [-0.3, -0.25) is 9.59 Å². The van der Waals surface area contributed by atoms with Gasteiger partial charge in [-0.1, -0.05) is 18.2 Å². The SMILES string of the molecule is CC1(C)Cc2cccc(OCCNC(=O)COc3cccc(NC(=O)C4CC4)c3)c2O1. The summed E-state index contributed by atoms with van der Waals surface area (Å²) in [7, 11) is 0. The predicted molar refractivity (Wildman–Crippen MR) is 117 cm³/mol. The summed E-state index contributed by atoms with van der Waals surface area (Å²) < 4.78 is 17.3. The predicted octanol–water partition coefficient (Wildman–Crippen LogP) is 3.32. The van der Waals surface area contributed by atoms with Crippen LogP contribution in [0.1, 0.15) is 32.3 Å². The van der Waals surface area contributed by atoms with Gasteiger partial charge in [0.25, 0.3) is 5.91 Å². The molecule has 0 aromatic heterocycles. The molecule has 0 saturated heterocycles. The molecule has 2 aromatic rings. The summed E-state index contributed by atoms with van der Waals surface area (Å²) in [6, 6.07) is 12.9. The highest BCUT2D eigenvalue weighted by molar-refractivity contribution is 5.94. The molecule has 0 bridgehead atoms. The Morgan fingerprint density at radius 2 is 1.94 bits per heavy atom. The van der Waals surface area contributed by atoms with E-state index in [9.17, 15) is 9.59 Å². The van der Waals surface area contributed by atoms with E-state index in [4.69, 9.17) is 14.2 Å². The molecule has 7 nitrogen and oxygen atoms in total. The Morgan fingerprint density at radius 1 is 1.13 bits per heavy atom. The van der Waals surface area contributed by atoms with Gasteiger partial charge in [0.15, 0.2) is 18.1 Å². The Labute approximate surface area is 182 Å². The van der Waals surface area contributed by atoms with Gasteiger partial charge >= 0.3 is 0 Å². The molecular formula is C24H28N2O5. The minimum Gasteiger partial charge on any atom is -0.488 e. The Balaban J connectivity index is 1.18. The highest BCUT2D eigenvalue weighted by atomic mass is 16.5. The van der Waals surface area contributed by atoms with Crippen LogP contribution in [-0.4, -0.2) is 37.2 Å². The number of fused-ring (bicyclic) bond motifs is 1. The summed E-state index contributed by atoms with van der Waals surface area (Å²) in [5.74, 6) is 1.93. The highest BCUT2D eigenvalue weighted by Crippen LogP contribution is 2.41. The lowest BCUT2D eigenvalue weighted by atomic mass is 10.0. The lowest BCUT2D eigenvalue weighted by molar-refractivity contribution is -0.123. The molecule has 2 N–H and O–H groups in total. The molecule has 1 heterocycles. The number of hydrogen-bond donors (Lipinski definition) is 2. The molecule has 7 heteroatoms. The average Bonchev–Trinajstić information content (AvgIpc) is 3.52. The summed E-state index contributed by atoms with van der Waals surface area (Å²) in [6.07, 6.45) is 2.74. The van der Waals surface area contributed by atoms with Gasteiger partial charge in [-0.15, -0.1) is 0 Å².